The normalized spacial score (nSPS) is 17.0. The van der Waals surface area contributed by atoms with Gasteiger partial charge in [0.15, 0.2) is 0 Å². The molecule has 2 unspecified atom stereocenters. The van der Waals surface area contributed by atoms with Crippen molar-refractivity contribution in [3.05, 3.63) is 71.8 Å². The first-order valence-corrected chi connectivity index (χ1v) is 18.3. The number of nitrogens with zero attached hydrogens (tertiary/aromatic N) is 2. The van der Waals surface area contributed by atoms with Crippen LogP contribution >= 0.6 is 0 Å². The number of β-amino-alcohol motifs (C(OH)–C–C–N with tert-alkyl or cyclic N) is 1. The maximum absolute atomic E-state index is 13.2. The molecule has 13 heteroatoms. The van der Waals surface area contributed by atoms with E-state index < -0.39 is 29.3 Å². The molecule has 2 aliphatic heterocycles. The van der Waals surface area contributed by atoms with E-state index in [-0.39, 0.29) is 35.3 Å². The van der Waals surface area contributed by atoms with E-state index in [2.05, 4.69) is 10.6 Å². The monoisotopic (exact) mass is 738 g/mol. The third kappa shape index (κ3) is 10.7. The van der Waals surface area contributed by atoms with Crippen molar-refractivity contribution < 1.29 is 42.2 Å². The van der Waals surface area contributed by atoms with Crippen LogP contribution in [0, 0.1) is 11.3 Å². The second-order valence-corrected chi connectivity index (χ2v) is 15.2. The number of aliphatic hydroxyl groups excluding tert-OH is 1. The molecular weight excluding hydrogens is 689 g/mol. The smallest absolute Gasteiger partial charge is 0.416 e. The van der Waals surface area contributed by atoms with Gasteiger partial charge in [0, 0.05) is 62.4 Å². The van der Waals surface area contributed by atoms with E-state index >= 15 is 0 Å². The lowest BCUT2D eigenvalue weighted by molar-refractivity contribution is -0.139. The quantitative estimate of drug-likeness (QED) is 0.167. The molecule has 0 radical (unpaired) electrons. The molecule has 5 rings (SSSR count). The van der Waals surface area contributed by atoms with Crippen LogP contribution in [0.15, 0.2) is 60.7 Å². The molecule has 3 aromatic rings. The Morgan fingerprint density at radius 3 is 2.17 bits per heavy atom. The minimum absolute atomic E-state index is 0.0464. The van der Waals surface area contributed by atoms with Gasteiger partial charge in [0.25, 0.3) is 5.91 Å². The summed E-state index contributed by atoms with van der Waals surface area (Å²) in [7, 11) is 0. The number of rotatable bonds is 14. The Kier molecular flexibility index (Phi) is 12.7. The van der Waals surface area contributed by atoms with Gasteiger partial charge >= 0.3 is 6.18 Å². The average Bonchev–Trinajstić information content (AvgIpc) is 3.53. The second-order valence-electron chi connectivity index (χ2n) is 15.2. The topological polar surface area (TPSA) is 128 Å². The molecule has 10 nitrogen and oxygen atoms in total. The standard InChI is InChI=1S/C40H49F3N4O6/c1-39(2,3)36(38(52)46-20-19-30(48)25-46)45-35(50)12-7-5-4-6-11-34(49)44-22-26-23-47(24-26)37(51)28-13-18-32-27(21-28)9-8-10-33(32)53-31-16-14-29(15-17-31)40(41,42)43/h8-10,13-18,21,26,30,36,48H,4-7,11-12,19-20,22-25H2,1-3H3,(H,44,49)(H,45,50). The summed E-state index contributed by atoms with van der Waals surface area (Å²) in [5.41, 5.74) is -0.714. The van der Waals surface area contributed by atoms with Crippen molar-refractivity contribution in [2.45, 2.75) is 84.0 Å². The molecule has 2 heterocycles. The molecule has 0 aliphatic carbocycles. The number of carbonyl (C=O) groups is 4. The molecule has 3 aromatic carbocycles. The first-order chi connectivity index (χ1) is 25.1. The molecule has 53 heavy (non-hydrogen) atoms. The van der Waals surface area contributed by atoms with E-state index in [0.717, 1.165) is 35.7 Å². The van der Waals surface area contributed by atoms with Crippen LogP contribution in [0.2, 0.25) is 0 Å². The first-order valence-electron chi connectivity index (χ1n) is 18.3. The van der Waals surface area contributed by atoms with Crippen molar-refractivity contribution >= 4 is 34.4 Å². The number of carbonyl (C=O) groups excluding carboxylic acids is 4. The maximum atomic E-state index is 13.2. The van der Waals surface area contributed by atoms with Crippen LogP contribution in [0.3, 0.4) is 0 Å². The summed E-state index contributed by atoms with van der Waals surface area (Å²) in [6.07, 6.45) is -0.786. The summed E-state index contributed by atoms with van der Waals surface area (Å²) in [6, 6.07) is 14.4. The highest BCUT2D eigenvalue weighted by Crippen LogP contribution is 2.34. The lowest BCUT2D eigenvalue weighted by Crippen LogP contribution is -2.54. The van der Waals surface area contributed by atoms with E-state index in [9.17, 15) is 37.5 Å². The number of likely N-dealkylation sites (tertiary alicyclic amines) is 2. The lowest BCUT2D eigenvalue weighted by Gasteiger charge is -2.39. The van der Waals surface area contributed by atoms with Gasteiger partial charge in [-0.25, -0.2) is 0 Å². The summed E-state index contributed by atoms with van der Waals surface area (Å²) in [4.78, 5) is 54.6. The van der Waals surface area contributed by atoms with Gasteiger partial charge in [-0.05, 0) is 78.6 Å². The highest BCUT2D eigenvalue weighted by atomic mass is 19.4. The zero-order valence-electron chi connectivity index (χ0n) is 30.5. The van der Waals surface area contributed by atoms with Crippen molar-refractivity contribution in [2.24, 2.45) is 11.3 Å². The predicted octanol–water partition coefficient (Wildman–Crippen LogP) is 6.30. The van der Waals surface area contributed by atoms with Gasteiger partial charge < -0.3 is 30.3 Å². The molecule has 286 valence electrons. The van der Waals surface area contributed by atoms with Crippen molar-refractivity contribution in [3.63, 3.8) is 0 Å². The molecule has 2 aliphatic rings. The fourth-order valence-corrected chi connectivity index (χ4v) is 6.64. The Hall–Kier alpha value is -4.65. The number of hydrogen-bond donors (Lipinski definition) is 3. The Morgan fingerprint density at radius 1 is 0.868 bits per heavy atom. The largest absolute Gasteiger partial charge is 0.457 e. The van der Waals surface area contributed by atoms with Gasteiger partial charge in [0.2, 0.25) is 17.7 Å². The number of fused-ring (bicyclic) bond motifs is 1. The van der Waals surface area contributed by atoms with Gasteiger partial charge in [-0.3, -0.25) is 19.2 Å². The first kappa shape index (κ1) is 39.6. The summed E-state index contributed by atoms with van der Waals surface area (Å²) in [6.45, 7) is 8.05. The molecule has 2 atom stereocenters. The van der Waals surface area contributed by atoms with Crippen molar-refractivity contribution in [1.82, 2.24) is 20.4 Å². The average molecular weight is 739 g/mol. The molecular formula is C40H49F3N4O6. The summed E-state index contributed by atoms with van der Waals surface area (Å²) >= 11 is 0. The van der Waals surface area contributed by atoms with Crippen LogP contribution in [0.4, 0.5) is 13.2 Å². The van der Waals surface area contributed by atoms with Crippen LogP contribution in [-0.2, 0) is 20.6 Å². The molecule has 0 bridgehead atoms. The molecule has 2 fully saturated rings. The van der Waals surface area contributed by atoms with Crippen LogP contribution in [-0.4, -0.2) is 83.4 Å². The third-order valence-corrected chi connectivity index (χ3v) is 9.78. The van der Waals surface area contributed by atoms with Gasteiger partial charge in [-0.1, -0.05) is 45.7 Å². The number of benzene rings is 3. The van der Waals surface area contributed by atoms with Crippen LogP contribution < -0.4 is 15.4 Å². The number of nitrogens with one attached hydrogen (secondary N) is 2. The fourth-order valence-electron chi connectivity index (χ4n) is 6.64. The van der Waals surface area contributed by atoms with E-state index in [1.54, 1.807) is 40.1 Å². The summed E-state index contributed by atoms with van der Waals surface area (Å²) in [5, 5.41) is 17.2. The second kappa shape index (κ2) is 17.0. The van der Waals surface area contributed by atoms with Gasteiger partial charge in [-0.15, -0.1) is 0 Å². The van der Waals surface area contributed by atoms with E-state index in [0.29, 0.717) is 76.1 Å². The number of alkyl halides is 3. The Bertz CT molecular complexity index is 1770. The Morgan fingerprint density at radius 2 is 1.55 bits per heavy atom. The zero-order chi connectivity index (χ0) is 38.3. The highest BCUT2D eigenvalue weighted by Gasteiger charge is 2.38. The van der Waals surface area contributed by atoms with E-state index in [1.807, 2.05) is 26.8 Å². The van der Waals surface area contributed by atoms with Crippen molar-refractivity contribution in [3.8, 4) is 11.5 Å². The number of hydrogen-bond acceptors (Lipinski definition) is 6. The van der Waals surface area contributed by atoms with Gasteiger partial charge in [0.1, 0.15) is 17.5 Å². The maximum Gasteiger partial charge on any atom is 0.416 e. The van der Waals surface area contributed by atoms with Crippen LogP contribution in [0.5, 0.6) is 11.5 Å². The molecule has 2 saturated heterocycles. The molecule has 4 amide bonds. The number of halogens is 3. The number of ether oxygens (including phenoxy) is 1. The van der Waals surface area contributed by atoms with Gasteiger partial charge in [0.05, 0.1) is 11.7 Å². The number of amides is 4. The van der Waals surface area contributed by atoms with E-state index in [1.165, 1.54) is 12.1 Å². The third-order valence-electron chi connectivity index (χ3n) is 9.78. The minimum Gasteiger partial charge on any atom is -0.457 e. The number of aliphatic hydroxyl groups is 1. The van der Waals surface area contributed by atoms with Crippen LogP contribution in [0.1, 0.15) is 81.6 Å². The predicted molar refractivity (Wildman–Crippen MR) is 194 cm³/mol. The minimum atomic E-state index is -4.43. The zero-order valence-corrected chi connectivity index (χ0v) is 30.5. The summed E-state index contributed by atoms with van der Waals surface area (Å²) < 4.78 is 44.6. The SMILES string of the molecule is CC(C)(C)C(NC(=O)CCCCCCC(=O)NCC1CN(C(=O)c2ccc3c(Oc4ccc(C(F)(F)F)cc4)cccc3c2)C1)C(=O)N1CCC(O)C1. The molecule has 0 spiro atoms. The van der Waals surface area contributed by atoms with Crippen molar-refractivity contribution in [1.29, 1.82) is 0 Å². The highest BCUT2D eigenvalue weighted by molar-refractivity contribution is 6.00. The fraction of sp³-hybridized carbons (Fsp3) is 0.500. The van der Waals surface area contributed by atoms with E-state index in [4.69, 9.17) is 4.74 Å². The Labute approximate surface area is 308 Å². The molecule has 0 aromatic heterocycles. The van der Waals surface area contributed by atoms with Crippen LogP contribution in [0.25, 0.3) is 10.8 Å². The van der Waals surface area contributed by atoms with Gasteiger partial charge in [-0.2, -0.15) is 13.2 Å². The Balaban J connectivity index is 0.968. The van der Waals surface area contributed by atoms with Crippen molar-refractivity contribution in [2.75, 3.05) is 32.7 Å². The molecule has 3 N–H and O–H groups in total. The lowest BCUT2D eigenvalue weighted by atomic mass is 9.85. The number of unbranched alkanes of at least 4 members (excludes halogenated alkanes) is 3. The summed E-state index contributed by atoms with van der Waals surface area (Å²) in [5.74, 6) is 0.379. The molecule has 0 saturated carbocycles.